The predicted octanol–water partition coefficient (Wildman–Crippen LogP) is 3.91. The van der Waals surface area contributed by atoms with Crippen LogP contribution in [0.25, 0.3) is 0 Å². The molecule has 0 aliphatic heterocycles. The van der Waals surface area contributed by atoms with Gasteiger partial charge in [-0.3, -0.25) is 9.67 Å². The molecule has 0 aromatic carbocycles. The largest absolute Gasteiger partial charge is 0.382 e. The van der Waals surface area contributed by atoms with E-state index in [0.29, 0.717) is 11.3 Å². The molecule has 2 rings (SSSR count). The molecule has 0 amide bonds. The Bertz CT molecular complexity index is 596. The van der Waals surface area contributed by atoms with Crippen LogP contribution < -0.4 is 10.6 Å². The van der Waals surface area contributed by atoms with Gasteiger partial charge in [-0.1, -0.05) is 19.8 Å². The van der Waals surface area contributed by atoms with Crippen LogP contribution in [0.15, 0.2) is 11.1 Å². The fourth-order valence-corrected chi connectivity index (χ4v) is 4.06. The maximum absolute atomic E-state index is 5.62. The Morgan fingerprint density at radius 2 is 2.04 bits per heavy atom. The van der Waals surface area contributed by atoms with Gasteiger partial charge in [0.2, 0.25) is 0 Å². The molecule has 1 fully saturated rings. The molecular weight excluding hydrogens is 465 g/mol. The summed E-state index contributed by atoms with van der Waals surface area (Å²) < 4.78 is 7.71. The van der Waals surface area contributed by atoms with E-state index in [1.807, 2.05) is 14.0 Å². The topological polar surface area (TPSA) is 63.5 Å². The Kier molecular flexibility index (Phi) is 11.4. The maximum atomic E-state index is 5.62. The van der Waals surface area contributed by atoms with Crippen molar-refractivity contribution in [3.05, 3.63) is 17.5 Å². The first kappa shape index (κ1) is 25.2. The minimum absolute atomic E-state index is 0. The summed E-state index contributed by atoms with van der Waals surface area (Å²) in [4.78, 5) is 4.42. The van der Waals surface area contributed by atoms with Crippen LogP contribution >= 0.6 is 24.0 Å². The zero-order chi connectivity index (χ0) is 19.7. The van der Waals surface area contributed by atoms with E-state index in [0.717, 1.165) is 50.9 Å². The molecule has 0 saturated heterocycles. The van der Waals surface area contributed by atoms with Crippen LogP contribution in [0.4, 0.5) is 0 Å². The van der Waals surface area contributed by atoms with E-state index in [1.165, 1.54) is 31.4 Å². The lowest BCUT2D eigenvalue weighted by Gasteiger charge is -2.30. The molecule has 6 nitrogen and oxygen atoms in total. The standard InChI is InChI=1S/C21H39N5O.HI/c1-6-27-12-11-21(9-7-8-10-21)16-24-20(22-5)23-14-17(2)15-26-19(4)13-18(3)25-26;/h13,17H,6-12,14-16H2,1-5H3,(H2,22,23,24);1H. The first-order valence-corrected chi connectivity index (χ1v) is 10.5. The van der Waals surface area contributed by atoms with E-state index in [2.05, 4.69) is 52.2 Å². The molecule has 28 heavy (non-hydrogen) atoms. The summed E-state index contributed by atoms with van der Waals surface area (Å²) in [5.41, 5.74) is 2.67. The average Bonchev–Trinajstić information content (AvgIpc) is 3.22. The van der Waals surface area contributed by atoms with Crippen LogP contribution in [-0.4, -0.2) is 49.1 Å². The van der Waals surface area contributed by atoms with E-state index in [1.54, 1.807) is 0 Å². The Labute approximate surface area is 188 Å². The van der Waals surface area contributed by atoms with Crippen molar-refractivity contribution in [2.75, 3.05) is 33.4 Å². The minimum Gasteiger partial charge on any atom is -0.382 e. The van der Waals surface area contributed by atoms with E-state index in [4.69, 9.17) is 4.74 Å². The minimum atomic E-state index is 0. The van der Waals surface area contributed by atoms with Crippen molar-refractivity contribution in [2.45, 2.75) is 66.3 Å². The Morgan fingerprint density at radius 1 is 1.32 bits per heavy atom. The molecular formula is C21H40IN5O. The number of nitrogens with zero attached hydrogens (tertiary/aromatic N) is 3. The predicted molar refractivity (Wildman–Crippen MR) is 128 cm³/mol. The monoisotopic (exact) mass is 505 g/mol. The second kappa shape index (κ2) is 12.7. The van der Waals surface area contributed by atoms with Gasteiger partial charge in [0.1, 0.15) is 0 Å². The number of guanidine groups is 1. The molecule has 1 aliphatic rings. The van der Waals surface area contributed by atoms with E-state index in [9.17, 15) is 0 Å². The summed E-state index contributed by atoms with van der Waals surface area (Å²) in [6, 6.07) is 2.13. The number of nitrogens with one attached hydrogen (secondary N) is 2. The van der Waals surface area contributed by atoms with Gasteiger partial charge in [0, 0.05) is 45.6 Å². The quantitative estimate of drug-likeness (QED) is 0.219. The summed E-state index contributed by atoms with van der Waals surface area (Å²) in [5.74, 6) is 1.37. The van der Waals surface area contributed by atoms with Gasteiger partial charge in [0.05, 0.1) is 5.69 Å². The number of aryl methyl sites for hydroxylation is 2. The van der Waals surface area contributed by atoms with Gasteiger partial charge in [0.15, 0.2) is 5.96 Å². The van der Waals surface area contributed by atoms with Crippen LogP contribution in [0, 0.1) is 25.2 Å². The van der Waals surface area contributed by atoms with E-state index in [-0.39, 0.29) is 24.0 Å². The molecule has 1 atom stereocenters. The van der Waals surface area contributed by atoms with E-state index < -0.39 is 0 Å². The van der Waals surface area contributed by atoms with Gasteiger partial charge < -0.3 is 15.4 Å². The molecule has 162 valence electrons. The number of rotatable bonds is 10. The molecule has 1 unspecified atom stereocenters. The fourth-order valence-electron chi connectivity index (χ4n) is 4.06. The highest BCUT2D eigenvalue weighted by Gasteiger charge is 2.33. The van der Waals surface area contributed by atoms with Crippen molar-refractivity contribution in [2.24, 2.45) is 16.3 Å². The molecule has 1 aromatic rings. The van der Waals surface area contributed by atoms with Crippen LogP contribution in [0.1, 0.15) is 57.3 Å². The van der Waals surface area contributed by atoms with Gasteiger partial charge >= 0.3 is 0 Å². The molecule has 0 spiro atoms. The lowest BCUT2D eigenvalue weighted by Crippen LogP contribution is -2.44. The van der Waals surface area contributed by atoms with Gasteiger partial charge in [-0.2, -0.15) is 5.10 Å². The van der Waals surface area contributed by atoms with Crippen LogP contribution in [0.5, 0.6) is 0 Å². The van der Waals surface area contributed by atoms with Gasteiger partial charge in [0.25, 0.3) is 0 Å². The highest BCUT2D eigenvalue weighted by atomic mass is 127. The zero-order valence-electron chi connectivity index (χ0n) is 18.4. The highest BCUT2D eigenvalue weighted by Crippen LogP contribution is 2.40. The summed E-state index contributed by atoms with van der Waals surface area (Å²) in [7, 11) is 1.85. The smallest absolute Gasteiger partial charge is 0.191 e. The third-order valence-corrected chi connectivity index (χ3v) is 5.71. The Balaban J connectivity index is 0.00000392. The first-order chi connectivity index (χ1) is 13.0. The summed E-state index contributed by atoms with van der Waals surface area (Å²) in [6.07, 6.45) is 6.38. The zero-order valence-corrected chi connectivity index (χ0v) is 20.7. The van der Waals surface area contributed by atoms with Crippen molar-refractivity contribution in [3.63, 3.8) is 0 Å². The molecule has 0 radical (unpaired) electrons. The number of hydrogen-bond acceptors (Lipinski definition) is 3. The maximum Gasteiger partial charge on any atom is 0.191 e. The summed E-state index contributed by atoms with van der Waals surface area (Å²) in [6.45, 7) is 12.9. The molecule has 2 N–H and O–H groups in total. The third kappa shape index (κ3) is 7.89. The lowest BCUT2D eigenvalue weighted by molar-refractivity contribution is 0.105. The van der Waals surface area contributed by atoms with Crippen molar-refractivity contribution >= 4 is 29.9 Å². The molecule has 1 aromatic heterocycles. The lowest BCUT2D eigenvalue weighted by atomic mass is 9.83. The average molecular weight is 505 g/mol. The number of hydrogen-bond donors (Lipinski definition) is 2. The second-order valence-electron chi connectivity index (χ2n) is 8.18. The van der Waals surface area contributed by atoms with Gasteiger partial charge in [-0.25, -0.2) is 0 Å². The second-order valence-corrected chi connectivity index (χ2v) is 8.18. The first-order valence-electron chi connectivity index (χ1n) is 10.5. The molecule has 0 bridgehead atoms. The van der Waals surface area contributed by atoms with Gasteiger partial charge in [-0.05, 0) is 57.4 Å². The Morgan fingerprint density at radius 3 is 2.61 bits per heavy atom. The molecule has 1 heterocycles. The van der Waals surface area contributed by atoms with Crippen molar-refractivity contribution in [1.82, 2.24) is 20.4 Å². The van der Waals surface area contributed by atoms with Crippen molar-refractivity contribution in [3.8, 4) is 0 Å². The number of ether oxygens (including phenoxy) is 1. The third-order valence-electron chi connectivity index (χ3n) is 5.71. The van der Waals surface area contributed by atoms with Crippen molar-refractivity contribution < 1.29 is 4.74 Å². The van der Waals surface area contributed by atoms with E-state index >= 15 is 0 Å². The van der Waals surface area contributed by atoms with Crippen LogP contribution in [0.3, 0.4) is 0 Å². The molecule has 7 heteroatoms. The van der Waals surface area contributed by atoms with Crippen LogP contribution in [-0.2, 0) is 11.3 Å². The number of aromatic nitrogens is 2. The normalized spacial score (nSPS) is 17.2. The highest BCUT2D eigenvalue weighted by molar-refractivity contribution is 14.0. The summed E-state index contributed by atoms with van der Waals surface area (Å²) >= 11 is 0. The molecule has 1 aliphatic carbocycles. The number of halogens is 1. The summed E-state index contributed by atoms with van der Waals surface area (Å²) in [5, 5.41) is 11.6. The molecule has 1 saturated carbocycles. The van der Waals surface area contributed by atoms with Crippen LogP contribution in [0.2, 0.25) is 0 Å². The Hall–Kier alpha value is -0.830. The SMILES string of the molecule is CCOCCC1(CNC(=NC)NCC(C)Cn2nc(C)cc2C)CCCC1.I. The van der Waals surface area contributed by atoms with Gasteiger partial charge in [-0.15, -0.1) is 24.0 Å². The fraction of sp³-hybridized carbons (Fsp3) is 0.810. The van der Waals surface area contributed by atoms with Crippen molar-refractivity contribution in [1.29, 1.82) is 0 Å². The number of aliphatic imine (C=N–C) groups is 1.